The van der Waals surface area contributed by atoms with Gasteiger partial charge in [-0.1, -0.05) is 11.2 Å². The van der Waals surface area contributed by atoms with E-state index in [4.69, 9.17) is 15.0 Å². The Hall–Kier alpha value is -3.53. The number of hydrogen-bond acceptors (Lipinski definition) is 8. The number of aromatic amines is 1. The molecule has 1 aliphatic carbocycles. The van der Waals surface area contributed by atoms with Crippen molar-refractivity contribution in [3.63, 3.8) is 0 Å². The van der Waals surface area contributed by atoms with Crippen LogP contribution in [0.3, 0.4) is 0 Å². The molecule has 2 aliphatic rings. The van der Waals surface area contributed by atoms with E-state index < -0.39 is 5.91 Å². The van der Waals surface area contributed by atoms with Gasteiger partial charge in [0.15, 0.2) is 17.2 Å². The topological polar surface area (TPSA) is 148 Å². The highest BCUT2D eigenvalue weighted by Crippen LogP contribution is 2.40. The van der Waals surface area contributed by atoms with E-state index in [1.807, 2.05) is 18.2 Å². The van der Waals surface area contributed by atoms with Gasteiger partial charge in [-0.2, -0.15) is 4.98 Å². The van der Waals surface area contributed by atoms with Crippen molar-refractivity contribution in [2.24, 2.45) is 5.73 Å². The first-order chi connectivity index (χ1) is 13.1. The minimum absolute atomic E-state index is 0.0572. The molecular formula is C17H15N7O3. The third-order valence-corrected chi connectivity index (χ3v) is 4.55. The summed E-state index contributed by atoms with van der Waals surface area (Å²) in [6.45, 7) is 1.78. The molecule has 1 fully saturated rings. The lowest BCUT2D eigenvalue weighted by Gasteiger charge is -2.14. The molecule has 0 aromatic carbocycles. The molecule has 0 spiro atoms. The van der Waals surface area contributed by atoms with Crippen molar-refractivity contribution < 1.29 is 14.1 Å². The number of epoxide rings is 1. The zero-order valence-electron chi connectivity index (χ0n) is 14.3. The number of aryl methyl sites for hydroxylation is 1. The van der Waals surface area contributed by atoms with Gasteiger partial charge >= 0.3 is 0 Å². The Labute approximate surface area is 152 Å². The maximum absolute atomic E-state index is 11.8. The molecule has 0 bridgehead atoms. The standard InChI is InChI=1S/C17H15N7O3/c1-7-20-11(27-24-7)6-8-2-3-10(15-14(8)26-15)21-12-9-4-5-19-17(9)23-22-13(12)16(18)25/h2-5,14-15H,6H2,1H3,(H2,18,25)(H2,19,21,23). The first-order valence-electron chi connectivity index (χ1n) is 8.36. The van der Waals surface area contributed by atoms with Crippen molar-refractivity contribution in [3.8, 4) is 0 Å². The zero-order valence-corrected chi connectivity index (χ0v) is 14.3. The van der Waals surface area contributed by atoms with E-state index in [1.165, 1.54) is 0 Å². The van der Waals surface area contributed by atoms with Gasteiger partial charge in [-0.05, 0) is 24.6 Å². The molecule has 3 aromatic rings. The Morgan fingerprint density at radius 2 is 2.22 bits per heavy atom. The number of rotatable bonds is 5. The fourth-order valence-corrected chi connectivity index (χ4v) is 3.24. The minimum atomic E-state index is -0.652. The number of hydrogen-bond donors (Lipinski definition) is 3. The van der Waals surface area contributed by atoms with Crippen LogP contribution in [0.2, 0.25) is 0 Å². The first-order valence-corrected chi connectivity index (χ1v) is 8.36. The smallest absolute Gasteiger partial charge is 0.271 e. The Bertz CT molecular complexity index is 1130. The number of nitrogens with zero attached hydrogens (tertiary/aromatic N) is 4. The van der Waals surface area contributed by atoms with Crippen molar-refractivity contribution in [1.82, 2.24) is 25.3 Å². The summed E-state index contributed by atoms with van der Waals surface area (Å²) >= 11 is 0. The molecule has 2 atom stereocenters. The summed E-state index contributed by atoms with van der Waals surface area (Å²) in [6.07, 6.45) is 5.96. The van der Waals surface area contributed by atoms with E-state index in [-0.39, 0.29) is 17.9 Å². The van der Waals surface area contributed by atoms with Gasteiger partial charge in [0.25, 0.3) is 5.91 Å². The van der Waals surface area contributed by atoms with Crippen LogP contribution in [0, 0.1) is 6.92 Å². The number of amides is 1. The van der Waals surface area contributed by atoms with Crippen molar-refractivity contribution in [1.29, 1.82) is 0 Å². The lowest BCUT2D eigenvalue weighted by atomic mass is 9.99. The maximum Gasteiger partial charge on any atom is 0.271 e. The summed E-state index contributed by atoms with van der Waals surface area (Å²) < 4.78 is 11.0. The molecule has 2 unspecified atom stereocenters. The van der Waals surface area contributed by atoms with Crippen LogP contribution in [0.1, 0.15) is 22.2 Å². The number of nitrogens with one attached hydrogen (secondary N) is 2. The van der Waals surface area contributed by atoms with Crippen LogP contribution in [-0.4, -0.2) is 43.4 Å². The van der Waals surface area contributed by atoms with Gasteiger partial charge in [0.05, 0.1) is 12.1 Å². The highest BCUT2D eigenvalue weighted by molar-refractivity contribution is 6.04. The lowest BCUT2D eigenvalue weighted by Crippen LogP contribution is -2.20. The predicted octanol–water partition coefficient (Wildman–Crippen LogP) is 0.994. The Kier molecular flexibility index (Phi) is 3.34. The third-order valence-electron chi connectivity index (χ3n) is 4.55. The molecule has 27 heavy (non-hydrogen) atoms. The Morgan fingerprint density at radius 1 is 1.33 bits per heavy atom. The number of anilines is 1. The number of ether oxygens (including phenoxy) is 1. The van der Waals surface area contributed by atoms with Gasteiger partial charge in [0, 0.05) is 17.3 Å². The van der Waals surface area contributed by atoms with Crippen molar-refractivity contribution >= 4 is 22.6 Å². The van der Waals surface area contributed by atoms with Crippen molar-refractivity contribution in [2.75, 3.05) is 5.32 Å². The Balaban J connectivity index is 1.45. The number of H-pyrrole nitrogens is 1. The second kappa shape index (κ2) is 5.74. The summed E-state index contributed by atoms with van der Waals surface area (Å²) in [6, 6.07) is 1.81. The van der Waals surface area contributed by atoms with Gasteiger partial charge in [0.2, 0.25) is 5.89 Å². The molecular weight excluding hydrogens is 350 g/mol. The minimum Gasteiger partial charge on any atom is -0.364 e. The van der Waals surface area contributed by atoms with Gasteiger partial charge in [0.1, 0.15) is 12.2 Å². The number of aromatic nitrogens is 5. The normalized spacial score (nSPS) is 20.8. The molecule has 136 valence electrons. The van der Waals surface area contributed by atoms with E-state index in [0.29, 0.717) is 29.5 Å². The van der Waals surface area contributed by atoms with Gasteiger partial charge in [-0.15, -0.1) is 10.2 Å². The number of primary amides is 1. The van der Waals surface area contributed by atoms with Crippen LogP contribution in [0.15, 0.2) is 40.2 Å². The summed E-state index contributed by atoms with van der Waals surface area (Å²) in [4.78, 5) is 19.0. The van der Waals surface area contributed by atoms with Crippen LogP contribution < -0.4 is 11.1 Å². The molecule has 5 rings (SSSR count). The highest BCUT2D eigenvalue weighted by Gasteiger charge is 2.46. The fraction of sp³-hybridized carbons (Fsp3) is 0.235. The predicted molar refractivity (Wildman–Crippen MR) is 93.6 cm³/mol. The summed E-state index contributed by atoms with van der Waals surface area (Å²) in [7, 11) is 0. The average Bonchev–Trinajstić information content (AvgIpc) is 3.12. The average molecular weight is 365 g/mol. The number of fused-ring (bicyclic) bond motifs is 2. The highest BCUT2D eigenvalue weighted by atomic mass is 16.6. The van der Waals surface area contributed by atoms with Crippen LogP contribution in [0.25, 0.3) is 11.0 Å². The largest absolute Gasteiger partial charge is 0.364 e. The number of carbonyl (C=O) groups excluding carboxylic acids is 1. The molecule has 0 saturated carbocycles. The first kappa shape index (κ1) is 15.7. The lowest BCUT2D eigenvalue weighted by molar-refractivity contribution is 0.0995. The van der Waals surface area contributed by atoms with E-state index in [9.17, 15) is 4.79 Å². The second-order valence-electron chi connectivity index (χ2n) is 6.41. The third kappa shape index (κ3) is 2.66. The summed E-state index contributed by atoms with van der Waals surface area (Å²) in [5.74, 6) is 0.509. The van der Waals surface area contributed by atoms with Crippen molar-refractivity contribution in [3.05, 3.63) is 53.1 Å². The zero-order chi connectivity index (χ0) is 18.5. The van der Waals surface area contributed by atoms with E-state index in [1.54, 1.807) is 13.1 Å². The number of allylic oxidation sites excluding steroid dienone is 2. The maximum atomic E-state index is 11.8. The number of nitrogens with two attached hydrogens (primary N) is 1. The molecule has 1 aliphatic heterocycles. The second-order valence-corrected chi connectivity index (χ2v) is 6.41. The van der Waals surface area contributed by atoms with Crippen LogP contribution in [-0.2, 0) is 11.2 Å². The van der Waals surface area contributed by atoms with Crippen LogP contribution >= 0.6 is 0 Å². The molecule has 10 heteroatoms. The van der Waals surface area contributed by atoms with E-state index in [0.717, 1.165) is 16.7 Å². The fourth-order valence-electron chi connectivity index (χ4n) is 3.24. The Morgan fingerprint density at radius 3 is 3.00 bits per heavy atom. The molecule has 4 heterocycles. The van der Waals surface area contributed by atoms with E-state index in [2.05, 4.69) is 30.6 Å². The molecule has 3 aromatic heterocycles. The summed E-state index contributed by atoms with van der Waals surface area (Å²) in [5.41, 5.74) is 8.50. The number of carbonyl (C=O) groups is 1. The molecule has 1 saturated heterocycles. The van der Waals surface area contributed by atoms with Gasteiger partial charge in [-0.3, -0.25) is 4.79 Å². The van der Waals surface area contributed by atoms with Gasteiger partial charge in [-0.25, -0.2) is 0 Å². The molecule has 10 nitrogen and oxygen atoms in total. The van der Waals surface area contributed by atoms with Crippen LogP contribution in [0.4, 0.5) is 5.69 Å². The molecule has 1 amide bonds. The molecule has 0 radical (unpaired) electrons. The monoisotopic (exact) mass is 365 g/mol. The van der Waals surface area contributed by atoms with E-state index >= 15 is 0 Å². The quantitative estimate of drug-likeness (QED) is 0.567. The summed E-state index contributed by atoms with van der Waals surface area (Å²) in [5, 5.41) is 15.7. The molecule has 4 N–H and O–H groups in total. The van der Waals surface area contributed by atoms with Gasteiger partial charge < -0.3 is 25.3 Å². The SMILES string of the molecule is Cc1noc(CC2=CC=C(Nc3c(C(N)=O)nnc4[nH]ccc34)C3OC23)n1. The van der Waals surface area contributed by atoms with Crippen molar-refractivity contribution in [2.45, 2.75) is 25.6 Å². The van der Waals surface area contributed by atoms with Crippen LogP contribution in [0.5, 0.6) is 0 Å².